The largest absolute Gasteiger partial charge is 0.465 e. The highest BCUT2D eigenvalue weighted by atomic mass is 16.6. The van der Waals surface area contributed by atoms with Gasteiger partial charge in [0.25, 0.3) is 0 Å². The summed E-state index contributed by atoms with van der Waals surface area (Å²) >= 11 is 0. The lowest BCUT2D eigenvalue weighted by atomic mass is 9.78. The number of Topliss-reactive ketones (excluding diaryl/α,β-unsaturated/α-hetero) is 1. The molecule has 0 aliphatic carbocycles. The van der Waals surface area contributed by atoms with Crippen molar-refractivity contribution in [3.63, 3.8) is 0 Å². The molecule has 2 aromatic rings. The third-order valence-corrected chi connectivity index (χ3v) is 4.97. The Labute approximate surface area is 200 Å². The second-order valence-electron chi connectivity index (χ2n) is 8.83. The minimum absolute atomic E-state index is 0.0335. The molecule has 0 saturated carbocycles. The number of esters is 3. The zero-order valence-electron chi connectivity index (χ0n) is 20.4. The average molecular weight is 469 g/mol. The molecule has 182 valence electrons. The van der Waals surface area contributed by atoms with Crippen molar-refractivity contribution in [3.8, 4) is 11.1 Å². The molecule has 2 aromatic carbocycles. The van der Waals surface area contributed by atoms with Crippen molar-refractivity contribution in [2.45, 2.75) is 53.1 Å². The molecule has 0 radical (unpaired) electrons. The molecule has 0 fully saturated rings. The van der Waals surface area contributed by atoms with Crippen LogP contribution >= 0.6 is 0 Å². The van der Waals surface area contributed by atoms with Gasteiger partial charge in [-0.15, -0.1) is 0 Å². The van der Waals surface area contributed by atoms with Gasteiger partial charge in [0, 0.05) is 12.0 Å². The summed E-state index contributed by atoms with van der Waals surface area (Å²) in [6, 6.07) is 16.5. The van der Waals surface area contributed by atoms with Gasteiger partial charge in [0.2, 0.25) is 0 Å². The van der Waals surface area contributed by atoms with Crippen LogP contribution in [0.3, 0.4) is 0 Å². The Kier molecular flexibility index (Phi) is 9.12. The van der Waals surface area contributed by atoms with E-state index in [-0.39, 0.29) is 13.2 Å². The Bertz CT molecular complexity index is 984. The van der Waals surface area contributed by atoms with E-state index in [1.807, 2.05) is 30.3 Å². The molecule has 34 heavy (non-hydrogen) atoms. The first kappa shape index (κ1) is 26.8. The Morgan fingerprint density at radius 3 is 1.68 bits per heavy atom. The molecule has 0 heterocycles. The van der Waals surface area contributed by atoms with E-state index < -0.39 is 47.5 Å². The quantitative estimate of drug-likeness (QED) is 0.214. The monoisotopic (exact) mass is 468 g/mol. The summed E-state index contributed by atoms with van der Waals surface area (Å²) < 4.78 is 15.6. The maximum absolute atomic E-state index is 13.2. The van der Waals surface area contributed by atoms with Crippen LogP contribution in [0, 0.1) is 5.41 Å². The second-order valence-corrected chi connectivity index (χ2v) is 8.83. The first-order chi connectivity index (χ1) is 16.0. The van der Waals surface area contributed by atoms with E-state index in [1.165, 1.54) is 0 Å². The van der Waals surface area contributed by atoms with E-state index in [1.54, 1.807) is 58.9 Å². The number of carbonyl (C=O) groups excluding carboxylic acids is 4. The van der Waals surface area contributed by atoms with E-state index in [4.69, 9.17) is 14.2 Å². The Hall–Kier alpha value is -3.48. The number of hydrogen-bond acceptors (Lipinski definition) is 7. The van der Waals surface area contributed by atoms with Crippen molar-refractivity contribution < 1.29 is 33.4 Å². The molecule has 0 aliphatic rings. The maximum atomic E-state index is 13.2. The van der Waals surface area contributed by atoms with Gasteiger partial charge in [-0.05, 0) is 45.7 Å². The standard InChI is InChI=1S/C27H32O7/c1-6-32-24(30)27(25(31)33-7-2,18-23(29)34-26(3,4)5)17-22(28)21-15-13-20(14-16-21)19-11-9-8-10-12-19/h8-16H,6-7,17-18H2,1-5H3. The van der Waals surface area contributed by atoms with Crippen molar-refractivity contribution >= 4 is 23.7 Å². The molecule has 0 spiro atoms. The zero-order valence-corrected chi connectivity index (χ0v) is 20.4. The fourth-order valence-corrected chi connectivity index (χ4v) is 3.45. The van der Waals surface area contributed by atoms with Crippen LogP contribution in [0.1, 0.15) is 57.8 Å². The lowest BCUT2D eigenvalue weighted by Crippen LogP contribution is -2.46. The Morgan fingerprint density at radius 1 is 0.706 bits per heavy atom. The molecule has 0 aliphatic heterocycles. The zero-order chi connectivity index (χ0) is 25.4. The van der Waals surface area contributed by atoms with E-state index in [9.17, 15) is 19.2 Å². The number of ketones is 1. The highest BCUT2D eigenvalue weighted by Crippen LogP contribution is 2.34. The van der Waals surface area contributed by atoms with Crippen molar-refractivity contribution in [3.05, 3.63) is 60.2 Å². The molecule has 0 atom stereocenters. The molecule has 0 N–H and O–H groups in total. The van der Waals surface area contributed by atoms with Crippen molar-refractivity contribution in [2.75, 3.05) is 13.2 Å². The predicted molar refractivity (Wildman–Crippen MR) is 127 cm³/mol. The van der Waals surface area contributed by atoms with Crippen LogP contribution in [0.4, 0.5) is 0 Å². The number of benzene rings is 2. The van der Waals surface area contributed by atoms with Crippen LogP contribution in [0.2, 0.25) is 0 Å². The van der Waals surface area contributed by atoms with Crippen molar-refractivity contribution in [1.29, 1.82) is 0 Å². The van der Waals surface area contributed by atoms with E-state index >= 15 is 0 Å². The Balaban J connectivity index is 2.40. The SMILES string of the molecule is CCOC(=O)C(CC(=O)OC(C)(C)C)(CC(=O)c1ccc(-c2ccccc2)cc1)C(=O)OCC. The van der Waals surface area contributed by atoms with Crippen LogP contribution in [0.15, 0.2) is 54.6 Å². The van der Waals surface area contributed by atoms with Gasteiger partial charge in [-0.3, -0.25) is 19.2 Å². The fourth-order valence-electron chi connectivity index (χ4n) is 3.45. The molecular formula is C27H32O7. The summed E-state index contributed by atoms with van der Waals surface area (Å²) in [7, 11) is 0. The molecule has 0 bridgehead atoms. The molecular weight excluding hydrogens is 436 g/mol. The van der Waals surface area contributed by atoms with Gasteiger partial charge < -0.3 is 14.2 Å². The van der Waals surface area contributed by atoms with E-state index in [0.717, 1.165) is 11.1 Å². The van der Waals surface area contributed by atoms with Gasteiger partial charge in [0.15, 0.2) is 11.2 Å². The predicted octanol–water partition coefficient (Wildman–Crippen LogP) is 4.77. The summed E-state index contributed by atoms with van der Waals surface area (Å²) in [4.78, 5) is 51.9. The maximum Gasteiger partial charge on any atom is 0.324 e. The van der Waals surface area contributed by atoms with E-state index in [2.05, 4.69) is 0 Å². The third-order valence-electron chi connectivity index (χ3n) is 4.97. The Morgan fingerprint density at radius 2 is 1.21 bits per heavy atom. The molecule has 0 amide bonds. The van der Waals surface area contributed by atoms with Crippen molar-refractivity contribution in [2.24, 2.45) is 5.41 Å². The number of hydrogen-bond donors (Lipinski definition) is 0. The molecule has 0 aromatic heterocycles. The van der Waals surface area contributed by atoms with Gasteiger partial charge >= 0.3 is 17.9 Å². The topological polar surface area (TPSA) is 96.0 Å². The molecule has 0 saturated heterocycles. The summed E-state index contributed by atoms with van der Waals surface area (Å²) in [5, 5.41) is 0. The van der Waals surface area contributed by atoms with Crippen LogP contribution in [-0.2, 0) is 28.6 Å². The number of carbonyl (C=O) groups is 4. The average Bonchev–Trinajstić information content (AvgIpc) is 2.78. The van der Waals surface area contributed by atoms with Crippen LogP contribution < -0.4 is 0 Å². The lowest BCUT2D eigenvalue weighted by Gasteiger charge is -2.29. The normalized spacial score (nSPS) is 11.4. The van der Waals surface area contributed by atoms with Gasteiger partial charge in [-0.2, -0.15) is 0 Å². The van der Waals surface area contributed by atoms with Gasteiger partial charge in [0.1, 0.15) is 5.60 Å². The summed E-state index contributed by atoms with van der Waals surface area (Å²) in [5.74, 6) is -3.28. The minimum Gasteiger partial charge on any atom is -0.465 e. The highest BCUT2D eigenvalue weighted by molar-refractivity contribution is 6.09. The molecule has 7 nitrogen and oxygen atoms in total. The third kappa shape index (κ3) is 7.01. The minimum atomic E-state index is -2.15. The highest BCUT2D eigenvalue weighted by Gasteiger charge is 2.53. The van der Waals surface area contributed by atoms with Crippen LogP contribution in [0.25, 0.3) is 11.1 Å². The number of rotatable bonds is 10. The molecule has 7 heteroatoms. The molecule has 0 unspecified atom stereocenters. The van der Waals surface area contributed by atoms with Gasteiger partial charge in [0.05, 0.1) is 19.6 Å². The van der Waals surface area contributed by atoms with Gasteiger partial charge in [-0.25, -0.2) is 0 Å². The number of ether oxygens (including phenoxy) is 3. The molecule has 2 rings (SSSR count). The van der Waals surface area contributed by atoms with Crippen LogP contribution in [-0.4, -0.2) is 42.5 Å². The fraction of sp³-hybridized carbons (Fsp3) is 0.407. The lowest BCUT2D eigenvalue weighted by molar-refractivity contribution is -0.179. The smallest absolute Gasteiger partial charge is 0.324 e. The van der Waals surface area contributed by atoms with Crippen LogP contribution in [0.5, 0.6) is 0 Å². The summed E-state index contributed by atoms with van der Waals surface area (Å²) in [6.45, 7) is 8.08. The second kappa shape index (κ2) is 11.6. The summed E-state index contributed by atoms with van der Waals surface area (Å²) in [5.41, 5.74) is -0.805. The van der Waals surface area contributed by atoms with Gasteiger partial charge in [-0.1, -0.05) is 54.6 Å². The first-order valence-corrected chi connectivity index (χ1v) is 11.3. The van der Waals surface area contributed by atoms with Crippen molar-refractivity contribution in [1.82, 2.24) is 0 Å². The van der Waals surface area contributed by atoms with E-state index in [0.29, 0.717) is 5.56 Å². The first-order valence-electron chi connectivity index (χ1n) is 11.3. The summed E-state index contributed by atoms with van der Waals surface area (Å²) in [6.07, 6.45) is -1.26.